The Labute approximate surface area is 468 Å². The summed E-state index contributed by atoms with van der Waals surface area (Å²) in [4.78, 5) is 24.5. The van der Waals surface area contributed by atoms with Crippen LogP contribution in [0.1, 0.15) is 367 Å². The van der Waals surface area contributed by atoms with E-state index in [0.29, 0.717) is 19.4 Å². The Morgan fingerprint density at radius 3 is 1.01 bits per heavy atom. The second-order valence-electron chi connectivity index (χ2n) is 23.2. The first-order valence-electron chi connectivity index (χ1n) is 33.8. The third kappa shape index (κ3) is 61.2. The SMILES string of the molecule is CCCCCCCCCCC/C=C/C(O)C(CO)NC(=O)CCCCCCCCCCCCCCCCC/C=C\C/C=C\CCCCCCCCCCCOC(=O)CCCCCCCCCCCCCCCCCC. The van der Waals surface area contributed by atoms with Crippen LogP contribution in [-0.4, -0.2) is 47.4 Å². The number of amides is 1. The molecule has 0 saturated heterocycles. The number of ether oxygens (including phenoxy) is 1. The number of hydrogen-bond acceptors (Lipinski definition) is 5. The number of allylic oxidation sites excluding steroid dienone is 5. The van der Waals surface area contributed by atoms with Gasteiger partial charge in [0.05, 0.1) is 25.4 Å². The normalized spacial score (nSPS) is 12.7. The number of hydrogen-bond donors (Lipinski definition) is 3. The van der Waals surface area contributed by atoms with Crippen molar-refractivity contribution in [3.05, 3.63) is 36.5 Å². The minimum atomic E-state index is -0.842. The zero-order chi connectivity index (χ0) is 54.3. The highest BCUT2D eigenvalue weighted by Crippen LogP contribution is 2.18. The molecule has 0 aliphatic rings. The highest BCUT2D eigenvalue weighted by Gasteiger charge is 2.18. The fourth-order valence-electron chi connectivity index (χ4n) is 10.5. The Balaban J connectivity index is 3.37. The molecule has 3 N–H and O–H groups in total. The lowest BCUT2D eigenvalue weighted by atomic mass is 10.0. The first-order valence-corrected chi connectivity index (χ1v) is 33.8. The number of esters is 1. The fourth-order valence-corrected chi connectivity index (χ4v) is 10.5. The molecule has 0 heterocycles. The molecular weight excluding hydrogens is 923 g/mol. The van der Waals surface area contributed by atoms with Crippen molar-refractivity contribution >= 4 is 11.9 Å². The molecule has 0 radical (unpaired) electrons. The van der Waals surface area contributed by atoms with Crippen molar-refractivity contribution in [2.75, 3.05) is 13.2 Å². The van der Waals surface area contributed by atoms with Gasteiger partial charge < -0.3 is 20.3 Å². The van der Waals surface area contributed by atoms with Crippen molar-refractivity contribution in [1.82, 2.24) is 5.32 Å². The van der Waals surface area contributed by atoms with Gasteiger partial charge in [0.15, 0.2) is 0 Å². The number of carbonyl (C=O) groups excluding carboxylic acids is 2. The van der Waals surface area contributed by atoms with Crippen molar-refractivity contribution < 1.29 is 24.5 Å². The molecule has 2 atom stereocenters. The number of aliphatic hydroxyl groups excluding tert-OH is 2. The van der Waals surface area contributed by atoms with Gasteiger partial charge in [-0.3, -0.25) is 9.59 Å². The van der Waals surface area contributed by atoms with Gasteiger partial charge in [0.1, 0.15) is 0 Å². The van der Waals surface area contributed by atoms with Crippen LogP contribution >= 0.6 is 0 Å². The summed E-state index contributed by atoms with van der Waals surface area (Å²) in [5.41, 5.74) is 0. The average molecular weight is 1050 g/mol. The highest BCUT2D eigenvalue weighted by atomic mass is 16.5. The van der Waals surface area contributed by atoms with Gasteiger partial charge in [-0.2, -0.15) is 0 Å². The van der Waals surface area contributed by atoms with Crippen molar-refractivity contribution in [2.45, 2.75) is 379 Å². The van der Waals surface area contributed by atoms with Gasteiger partial charge in [-0.15, -0.1) is 0 Å². The molecule has 1 amide bonds. The minimum Gasteiger partial charge on any atom is -0.466 e. The summed E-state index contributed by atoms with van der Waals surface area (Å²) in [6, 6.07) is -0.626. The van der Waals surface area contributed by atoms with Crippen LogP contribution < -0.4 is 5.32 Å². The average Bonchev–Trinajstić information content (AvgIpc) is 3.41. The molecule has 0 aromatic heterocycles. The quantitative estimate of drug-likeness (QED) is 0.0320. The molecule has 0 bridgehead atoms. The number of aliphatic hydroxyl groups is 2. The summed E-state index contributed by atoms with van der Waals surface area (Å²) in [6.07, 6.45) is 82.2. The smallest absolute Gasteiger partial charge is 0.305 e. The molecule has 0 saturated carbocycles. The molecule has 0 fully saturated rings. The second-order valence-corrected chi connectivity index (χ2v) is 23.2. The third-order valence-corrected chi connectivity index (χ3v) is 15.7. The van der Waals surface area contributed by atoms with Gasteiger partial charge in [-0.05, 0) is 64.2 Å². The van der Waals surface area contributed by atoms with Gasteiger partial charge in [-0.1, -0.05) is 326 Å². The summed E-state index contributed by atoms with van der Waals surface area (Å²) in [5.74, 6) is -0.0511. The summed E-state index contributed by atoms with van der Waals surface area (Å²) in [7, 11) is 0. The van der Waals surface area contributed by atoms with E-state index in [4.69, 9.17) is 4.74 Å². The number of carbonyl (C=O) groups is 2. The number of nitrogens with one attached hydrogen (secondary N) is 1. The Bertz CT molecular complexity index is 1210. The zero-order valence-electron chi connectivity index (χ0n) is 50.5. The first kappa shape index (κ1) is 73.1. The van der Waals surface area contributed by atoms with Crippen LogP contribution in [0.2, 0.25) is 0 Å². The molecule has 2 unspecified atom stereocenters. The molecule has 442 valence electrons. The van der Waals surface area contributed by atoms with E-state index in [1.165, 1.54) is 295 Å². The fraction of sp³-hybridized carbons (Fsp3) is 0.884. The molecule has 0 aliphatic heterocycles. The van der Waals surface area contributed by atoms with E-state index in [0.717, 1.165) is 44.9 Å². The van der Waals surface area contributed by atoms with E-state index in [1.54, 1.807) is 6.08 Å². The maximum absolute atomic E-state index is 12.4. The van der Waals surface area contributed by atoms with Crippen LogP contribution in [0.4, 0.5) is 0 Å². The van der Waals surface area contributed by atoms with E-state index in [9.17, 15) is 19.8 Å². The van der Waals surface area contributed by atoms with E-state index < -0.39 is 12.1 Å². The van der Waals surface area contributed by atoms with Crippen LogP contribution in [-0.2, 0) is 14.3 Å². The van der Waals surface area contributed by atoms with Crippen LogP contribution in [0.5, 0.6) is 0 Å². The van der Waals surface area contributed by atoms with Gasteiger partial charge in [-0.25, -0.2) is 0 Å². The molecular formula is C69H131NO5. The van der Waals surface area contributed by atoms with Crippen molar-refractivity contribution in [1.29, 1.82) is 0 Å². The van der Waals surface area contributed by atoms with Crippen LogP contribution in [0, 0.1) is 0 Å². The van der Waals surface area contributed by atoms with E-state index in [2.05, 4.69) is 43.5 Å². The largest absolute Gasteiger partial charge is 0.466 e. The van der Waals surface area contributed by atoms with Gasteiger partial charge >= 0.3 is 5.97 Å². The van der Waals surface area contributed by atoms with Crippen LogP contribution in [0.3, 0.4) is 0 Å². The minimum absolute atomic E-state index is 0.0165. The van der Waals surface area contributed by atoms with Gasteiger partial charge in [0.2, 0.25) is 5.91 Å². The molecule has 0 aromatic rings. The van der Waals surface area contributed by atoms with Crippen LogP contribution in [0.25, 0.3) is 0 Å². The summed E-state index contributed by atoms with van der Waals surface area (Å²) >= 11 is 0. The molecule has 6 nitrogen and oxygen atoms in total. The molecule has 6 heteroatoms. The number of unbranched alkanes of at least 4 members (excludes halogenated alkanes) is 48. The Morgan fingerprint density at radius 2 is 0.667 bits per heavy atom. The maximum atomic E-state index is 12.4. The van der Waals surface area contributed by atoms with E-state index >= 15 is 0 Å². The van der Waals surface area contributed by atoms with Crippen molar-refractivity contribution in [3.8, 4) is 0 Å². The van der Waals surface area contributed by atoms with Crippen molar-refractivity contribution in [2.24, 2.45) is 0 Å². The topological polar surface area (TPSA) is 95.9 Å². The molecule has 0 rings (SSSR count). The van der Waals surface area contributed by atoms with Crippen molar-refractivity contribution in [3.63, 3.8) is 0 Å². The lowest BCUT2D eigenvalue weighted by molar-refractivity contribution is -0.143. The highest BCUT2D eigenvalue weighted by molar-refractivity contribution is 5.76. The van der Waals surface area contributed by atoms with E-state index in [-0.39, 0.29) is 18.5 Å². The summed E-state index contributed by atoms with van der Waals surface area (Å²) < 4.78 is 5.50. The number of rotatable bonds is 63. The lowest BCUT2D eigenvalue weighted by Crippen LogP contribution is -2.45. The maximum Gasteiger partial charge on any atom is 0.305 e. The second kappa shape index (κ2) is 64.6. The Hall–Kier alpha value is -1.92. The zero-order valence-corrected chi connectivity index (χ0v) is 50.5. The van der Waals surface area contributed by atoms with Gasteiger partial charge in [0, 0.05) is 12.8 Å². The van der Waals surface area contributed by atoms with Crippen LogP contribution in [0.15, 0.2) is 36.5 Å². The first-order chi connectivity index (χ1) is 37.0. The monoisotopic (exact) mass is 1050 g/mol. The molecule has 75 heavy (non-hydrogen) atoms. The predicted molar refractivity (Wildman–Crippen MR) is 329 cm³/mol. The van der Waals surface area contributed by atoms with E-state index in [1.807, 2.05) is 6.08 Å². The summed E-state index contributed by atoms with van der Waals surface area (Å²) in [5, 5.41) is 23.0. The third-order valence-electron chi connectivity index (χ3n) is 15.7. The Morgan fingerprint density at radius 1 is 0.373 bits per heavy atom. The standard InChI is InChI=1S/C69H131NO5/c1-3-5-7-9-11-13-15-16-17-36-39-43-47-51-55-59-63-69(74)75-64-60-56-52-48-44-40-37-34-32-30-28-26-24-22-20-18-19-21-23-25-27-29-31-33-35-38-42-46-50-54-58-62-68(73)70-66(65-71)67(72)61-57-53-49-45-41-14-12-10-8-6-4-2/h20,22,26,28,57,61,66-67,71-72H,3-19,21,23-25,27,29-56,58-60,62-65H2,1-2H3,(H,70,73)/b22-20-,28-26-,61-57+. The molecule has 0 spiro atoms. The molecule has 0 aromatic carbocycles. The summed E-state index contributed by atoms with van der Waals surface area (Å²) in [6.45, 7) is 4.91. The predicted octanol–water partition coefficient (Wildman–Crippen LogP) is 21.5. The van der Waals surface area contributed by atoms with Gasteiger partial charge in [0.25, 0.3) is 0 Å². The Kier molecular flexibility index (Phi) is 63.0. The lowest BCUT2D eigenvalue weighted by Gasteiger charge is -2.20. The molecule has 0 aliphatic carbocycles.